The number of amides is 1. The molecule has 0 unspecified atom stereocenters. The number of aromatic nitrogens is 2. The summed E-state index contributed by atoms with van der Waals surface area (Å²) < 4.78 is 1.05. The second-order valence-electron chi connectivity index (χ2n) is 8.76. The van der Waals surface area contributed by atoms with Crippen molar-refractivity contribution in [3.05, 3.63) is 85.6 Å². The lowest BCUT2D eigenvalue weighted by Gasteiger charge is -2.21. The van der Waals surface area contributed by atoms with Crippen LogP contribution in [0.2, 0.25) is 0 Å². The number of hydrogen-bond donors (Lipinski definition) is 2. The van der Waals surface area contributed by atoms with Crippen LogP contribution in [0.15, 0.2) is 57.2 Å². The molecule has 0 aliphatic carbocycles. The van der Waals surface area contributed by atoms with Crippen molar-refractivity contribution in [3.8, 4) is 11.6 Å². The molecule has 0 saturated heterocycles. The number of nitrogens with one attached hydrogen (secondary N) is 1. The number of anilines is 1. The molecule has 0 bridgehead atoms. The van der Waals surface area contributed by atoms with E-state index in [1.54, 1.807) is 12.1 Å². The maximum atomic E-state index is 12.8. The molecule has 9 heteroatoms. The molecule has 0 radical (unpaired) electrons. The Morgan fingerprint density at radius 2 is 1.71 bits per heavy atom. The van der Waals surface area contributed by atoms with Gasteiger partial charge in [0, 0.05) is 33.1 Å². The minimum Gasteiger partial charge on any atom is -0.493 e. The van der Waals surface area contributed by atoms with E-state index in [0.717, 1.165) is 26.9 Å². The van der Waals surface area contributed by atoms with Gasteiger partial charge in [-0.3, -0.25) is 14.6 Å². The first-order chi connectivity index (χ1) is 16.1. The van der Waals surface area contributed by atoms with E-state index in [4.69, 9.17) is 0 Å². The average Bonchev–Trinajstić information content (AvgIpc) is 3.18. The van der Waals surface area contributed by atoms with Crippen LogP contribution in [-0.2, 0) is 4.79 Å². The first-order valence-electron chi connectivity index (χ1n) is 10.9. The number of aryl methyl sites for hydroxylation is 2. The number of hydrogen-bond acceptors (Lipinski definition) is 6. The first-order valence-corrected chi connectivity index (χ1v) is 10.9. The molecular formula is C25H27N5O4. The van der Waals surface area contributed by atoms with E-state index in [0.29, 0.717) is 5.69 Å². The summed E-state index contributed by atoms with van der Waals surface area (Å²) in [5.74, 6) is -0.806. The number of aromatic hydroxyl groups is 1. The predicted octanol–water partition coefficient (Wildman–Crippen LogP) is 2.61. The monoisotopic (exact) mass is 461 g/mol. The van der Waals surface area contributed by atoms with Gasteiger partial charge < -0.3 is 10.0 Å². The Kier molecular flexibility index (Phi) is 5.87. The quantitative estimate of drug-likeness (QED) is 0.621. The fourth-order valence-electron chi connectivity index (χ4n) is 4.31. The van der Waals surface area contributed by atoms with Crippen LogP contribution in [0.5, 0.6) is 5.88 Å². The third kappa shape index (κ3) is 4.12. The van der Waals surface area contributed by atoms with Crippen LogP contribution in [-0.4, -0.2) is 45.4 Å². The normalized spacial score (nSPS) is 15.4. The number of rotatable bonds is 4. The highest BCUT2D eigenvalue weighted by atomic mass is 16.3. The number of benzene rings is 2. The van der Waals surface area contributed by atoms with Gasteiger partial charge in [-0.05, 0) is 54.8 Å². The number of hydrazone groups is 1. The van der Waals surface area contributed by atoms with Crippen LogP contribution in [0.25, 0.3) is 5.69 Å². The smallest absolute Gasteiger partial charge is 0.335 e. The number of nitrogens with zero attached hydrogens (tertiary/aromatic N) is 4. The highest BCUT2D eigenvalue weighted by Gasteiger charge is 2.34. The Labute approximate surface area is 196 Å². The van der Waals surface area contributed by atoms with Gasteiger partial charge >= 0.3 is 5.69 Å². The van der Waals surface area contributed by atoms with Crippen molar-refractivity contribution >= 4 is 17.3 Å². The van der Waals surface area contributed by atoms with E-state index in [1.807, 2.05) is 63.2 Å². The van der Waals surface area contributed by atoms with Gasteiger partial charge in [-0.15, -0.1) is 0 Å². The van der Waals surface area contributed by atoms with E-state index < -0.39 is 23.2 Å². The van der Waals surface area contributed by atoms with E-state index in [9.17, 15) is 19.5 Å². The van der Waals surface area contributed by atoms with Crippen molar-refractivity contribution in [2.45, 2.75) is 33.2 Å². The molecule has 9 nitrogen and oxygen atoms in total. The number of carbonyl (C=O) groups is 1. The van der Waals surface area contributed by atoms with Crippen LogP contribution in [0, 0.1) is 13.8 Å². The van der Waals surface area contributed by atoms with Gasteiger partial charge in [0.05, 0.1) is 17.4 Å². The lowest BCUT2D eigenvalue weighted by Crippen LogP contribution is -2.33. The molecular weight excluding hydrogens is 434 g/mol. The third-order valence-electron chi connectivity index (χ3n) is 5.87. The standard InChI is InChI=1S/C25H27N5O4/c1-14-10-15(2)12-19(11-14)29-24(33)22(23(32)26-25(29)34)20-13-21(30(27-20)16(3)31)17-6-8-18(9-7-17)28(4)5/h6-12,21,33H,13H2,1-5H3,(H,26,32,34)/t21-/m1/s1. The minimum absolute atomic E-state index is 0.127. The highest BCUT2D eigenvalue weighted by molar-refractivity contribution is 6.04. The summed E-state index contributed by atoms with van der Waals surface area (Å²) in [5.41, 5.74) is 2.67. The predicted molar refractivity (Wildman–Crippen MR) is 131 cm³/mol. The second kappa shape index (κ2) is 8.66. The van der Waals surface area contributed by atoms with Crippen LogP contribution in [0.3, 0.4) is 0 Å². The molecule has 1 atom stereocenters. The van der Waals surface area contributed by atoms with Gasteiger partial charge in [0.25, 0.3) is 5.56 Å². The molecule has 0 fully saturated rings. The maximum Gasteiger partial charge on any atom is 0.335 e. The highest BCUT2D eigenvalue weighted by Crippen LogP contribution is 2.34. The summed E-state index contributed by atoms with van der Waals surface area (Å²) in [6.45, 7) is 5.15. The lowest BCUT2D eigenvalue weighted by molar-refractivity contribution is -0.130. The molecule has 176 valence electrons. The maximum absolute atomic E-state index is 12.8. The molecule has 0 spiro atoms. The van der Waals surface area contributed by atoms with Gasteiger partial charge in [0.15, 0.2) is 0 Å². The molecule has 1 aliphatic heterocycles. The molecule has 3 aromatic rings. The molecule has 2 heterocycles. The fraction of sp³-hybridized carbons (Fsp3) is 0.280. The SMILES string of the molecule is CC(=O)N1N=C(c2c(O)n(-c3cc(C)cc(C)c3)c(=O)[nH]c2=O)C[C@@H]1c1ccc(N(C)C)cc1. The molecule has 0 saturated carbocycles. The van der Waals surface area contributed by atoms with Crippen molar-refractivity contribution in [1.82, 2.24) is 14.6 Å². The van der Waals surface area contributed by atoms with Crippen molar-refractivity contribution in [2.24, 2.45) is 5.10 Å². The lowest BCUT2D eigenvalue weighted by atomic mass is 9.98. The van der Waals surface area contributed by atoms with Gasteiger partial charge in [0.2, 0.25) is 11.8 Å². The third-order valence-corrected chi connectivity index (χ3v) is 5.87. The Bertz CT molecular complexity index is 1400. The van der Waals surface area contributed by atoms with Crippen molar-refractivity contribution in [2.75, 3.05) is 19.0 Å². The van der Waals surface area contributed by atoms with Crippen molar-refractivity contribution in [3.63, 3.8) is 0 Å². The van der Waals surface area contributed by atoms with Gasteiger partial charge in [0.1, 0.15) is 5.56 Å². The van der Waals surface area contributed by atoms with Crippen molar-refractivity contribution in [1.29, 1.82) is 0 Å². The number of H-pyrrole nitrogens is 1. The summed E-state index contributed by atoms with van der Waals surface area (Å²) in [7, 11) is 3.88. The van der Waals surface area contributed by atoms with Gasteiger partial charge in [-0.1, -0.05) is 18.2 Å². The molecule has 4 rings (SSSR count). The molecule has 1 amide bonds. The number of aromatic amines is 1. The fourth-order valence-corrected chi connectivity index (χ4v) is 4.31. The van der Waals surface area contributed by atoms with Crippen LogP contribution in [0.4, 0.5) is 5.69 Å². The zero-order chi connectivity index (χ0) is 24.7. The molecule has 1 aromatic heterocycles. The minimum atomic E-state index is -0.756. The zero-order valence-corrected chi connectivity index (χ0v) is 19.8. The van der Waals surface area contributed by atoms with E-state index in [2.05, 4.69) is 10.1 Å². The summed E-state index contributed by atoms with van der Waals surface area (Å²) in [6.07, 6.45) is 0.211. The van der Waals surface area contributed by atoms with E-state index in [-0.39, 0.29) is 23.6 Å². The van der Waals surface area contributed by atoms with Gasteiger partial charge in [-0.25, -0.2) is 14.4 Å². The average molecular weight is 462 g/mol. The van der Waals surface area contributed by atoms with E-state index >= 15 is 0 Å². The summed E-state index contributed by atoms with van der Waals surface area (Å²) in [6, 6.07) is 12.7. The topological polar surface area (TPSA) is 111 Å². The largest absolute Gasteiger partial charge is 0.493 e. The zero-order valence-electron chi connectivity index (χ0n) is 19.8. The number of carbonyl (C=O) groups excluding carboxylic acids is 1. The van der Waals surface area contributed by atoms with Gasteiger partial charge in [-0.2, -0.15) is 5.10 Å². The van der Waals surface area contributed by atoms with Crippen LogP contribution >= 0.6 is 0 Å². The molecule has 1 aliphatic rings. The Morgan fingerprint density at radius 3 is 2.26 bits per heavy atom. The van der Waals surface area contributed by atoms with Crippen LogP contribution in [0.1, 0.15) is 41.6 Å². The molecule has 2 aromatic carbocycles. The first kappa shape index (κ1) is 23.0. The Morgan fingerprint density at radius 1 is 1.09 bits per heavy atom. The Hall–Kier alpha value is -4.14. The summed E-state index contributed by atoms with van der Waals surface area (Å²) in [4.78, 5) is 42.0. The van der Waals surface area contributed by atoms with Crippen LogP contribution < -0.4 is 16.1 Å². The molecule has 34 heavy (non-hydrogen) atoms. The summed E-state index contributed by atoms with van der Waals surface area (Å²) >= 11 is 0. The van der Waals surface area contributed by atoms with E-state index in [1.165, 1.54) is 11.9 Å². The Balaban J connectivity index is 1.81. The summed E-state index contributed by atoms with van der Waals surface area (Å²) in [5, 5.41) is 16.8. The second-order valence-corrected chi connectivity index (χ2v) is 8.76. The molecule has 2 N–H and O–H groups in total. The van der Waals surface area contributed by atoms with Crippen molar-refractivity contribution < 1.29 is 9.90 Å².